The molecule has 0 heterocycles. The zero-order chi connectivity index (χ0) is 15.3. The minimum atomic E-state index is -1.72. The fraction of sp³-hybridized carbons (Fsp3) is 0.647. The summed E-state index contributed by atoms with van der Waals surface area (Å²) >= 11 is 0. The Morgan fingerprint density at radius 1 is 0.900 bits per heavy atom. The van der Waals surface area contributed by atoms with Crippen molar-refractivity contribution in [1.29, 1.82) is 0 Å². The lowest BCUT2D eigenvalue weighted by Crippen LogP contribution is -2.48. The minimum absolute atomic E-state index is 0.647. The topological polar surface area (TPSA) is 35.2 Å². The van der Waals surface area contributed by atoms with Crippen LogP contribution in [0.1, 0.15) is 47.1 Å². The molecule has 0 fully saturated rings. The lowest BCUT2D eigenvalue weighted by molar-refractivity contribution is 0.281. The second-order valence-electron chi connectivity index (χ2n) is 6.66. The summed E-state index contributed by atoms with van der Waals surface area (Å²) in [5.74, 6) is 0. The maximum Gasteiger partial charge on any atom is 0.200 e. The van der Waals surface area contributed by atoms with Crippen molar-refractivity contribution in [3.63, 3.8) is 0 Å². The maximum atomic E-state index is 6.56. The second-order valence-corrected chi connectivity index (χ2v) is 12.1. The molecular formula is C17H31NOSi. The van der Waals surface area contributed by atoms with Crippen LogP contribution in [-0.2, 0) is 10.8 Å². The Kier molecular flexibility index (Phi) is 6.27. The fourth-order valence-electron chi connectivity index (χ4n) is 3.53. The van der Waals surface area contributed by atoms with Crippen molar-refractivity contribution < 1.29 is 4.43 Å². The summed E-state index contributed by atoms with van der Waals surface area (Å²) in [6.45, 7) is 14.8. The van der Waals surface area contributed by atoms with Gasteiger partial charge in [-0.3, -0.25) is 0 Å². The van der Waals surface area contributed by atoms with Crippen LogP contribution < -0.4 is 5.73 Å². The van der Waals surface area contributed by atoms with Gasteiger partial charge in [0.25, 0.3) is 0 Å². The van der Waals surface area contributed by atoms with Gasteiger partial charge in [-0.25, -0.2) is 0 Å². The molecule has 0 aromatic heterocycles. The van der Waals surface area contributed by atoms with Crippen molar-refractivity contribution in [1.82, 2.24) is 0 Å². The summed E-state index contributed by atoms with van der Waals surface area (Å²) in [4.78, 5) is 0. The van der Waals surface area contributed by atoms with Crippen molar-refractivity contribution in [2.45, 2.75) is 64.6 Å². The van der Waals surface area contributed by atoms with Crippen molar-refractivity contribution >= 4 is 14.0 Å². The predicted octanol–water partition coefficient (Wildman–Crippen LogP) is 5.00. The third-order valence-electron chi connectivity index (χ3n) is 4.43. The van der Waals surface area contributed by atoms with E-state index in [1.54, 1.807) is 0 Å². The van der Waals surface area contributed by atoms with Crippen LogP contribution >= 0.6 is 0 Å². The predicted molar refractivity (Wildman–Crippen MR) is 91.6 cm³/mol. The van der Waals surface area contributed by atoms with Gasteiger partial charge in [0.15, 0.2) is 8.32 Å². The van der Waals surface area contributed by atoms with Gasteiger partial charge in [-0.15, -0.1) is 0 Å². The van der Waals surface area contributed by atoms with Gasteiger partial charge in [0.1, 0.15) is 0 Å². The highest BCUT2D eigenvalue weighted by Gasteiger charge is 2.44. The van der Waals surface area contributed by atoms with Gasteiger partial charge in [0.2, 0.25) is 0 Å². The highest BCUT2D eigenvalue weighted by atomic mass is 28.4. The van der Waals surface area contributed by atoms with Gasteiger partial charge < -0.3 is 10.2 Å². The van der Waals surface area contributed by atoms with Crippen LogP contribution in [0.3, 0.4) is 0 Å². The summed E-state index contributed by atoms with van der Waals surface area (Å²) in [6.07, 6.45) is 0.973. The molecule has 1 aromatic rings. The third-order valence-corrected chi connectivity index (χ3v) is 10.5. The van der Waals surface area contributed by atoms with E-state index < -0.39 is 8.32 Å². The van der Waals surface area contributed by atoms with E-state index in [2.05, 4.69) is 53.7 Å². The molecule has 0 amide bonds. The summed E-state index contributed by atoms with van der Waals surface area (Å²) < 4.78 is 6.56. The van der Waals surface area contributed by atoms with Gasteiger partial charge in [0.05, 0.1) is 0 Å². The Hall–Kier alpha value is -0.803. The molecule has 0 bridgehead atoms. The minimum Gasteiger partial charge on any atom is -0.416 e. The van der Waals surface area contributed by atoms with Gasteiger partial charge >= 0.3 is 0 Å². The lowest BCUT2D eigenvalue weighted by Gasteiger charge is -2.42. The van der Waals surface area contributed by atoms with Crippen LogP contribution in [0.2, 0.25) is 16.6 Å². The molecule has 3 heteroatoms. The molecule has 0 radical (unpaired) electrons. The van der Waals surface area contributed by atoms with Crippen molar-refractivity contribution in [3.05, 3.63) is 29.8 Å². The molecule has 2 N–H and O–H groups in total. The number of nitrogens with two attached hydrogens (primary N) is 1. The zero-order valence-corrected chi connectivity index (χ0v) is 14.9. The van der Waals surface area contributed by atoms with Crippen LogP contribution in [0.4, 0.5) is 5.69 Å². The summed E-state index contributed by atoms with van der Waals surface area (Å²) in [5, 5.41) is 0. The standard InChI is InChI=1S/C17H31NOSi/c1-13(2)20(14(3)4,15(5)6)19-12-11-16-7-9-17(18)10-8-16/h7-10,13-15H,11-12,18H2,1-6H3. The van der Waals surface area contributed by atoms with E-state index in [1.165, 1.54) is 5.56 Å². The molecule has 1 aromatic carbocycles. The van der Waals surface area contributed by atoms with E-state index >= 15 is 0 Å². The third kappa shape index (κ3) is 3.86. The first kappa shape index (κ1) is 17.2. The molecule has 0 aliphatic heterocycles. The zero-order valence-electron chi connectivity index (χ0n) is 13.9. The molecule has 1 rings (SSSR count). The molecule has 20 heavy (non-hydrogen) atoms. The Labute approximate surface area is 125 Å². The number of hydrogen-bond acceptors (Lipinski definition) is 2. The van der Waals surface area contributed by atoms with Crippen LogP contribution in [0.5, 0.6) is 0 Å². The smallest absolute Gasteiger partial charge is 0.200 e. The van der Waals surface area contributed by atoms with E-state index in [0.717, 1.165) is 18.7 Å². The average Bonchev–Trinajstić information content (AvgIpc) is 2.35. The number of hydrogen-bond donors (Lipinski definition) is 1. The average molecular weight is 294 g/mol. The maximum absolute atomic E-state index is 6.56. The van der Waals surface area contributed by atoms with Gasteiger partial charge in [0, 0.05) is 12.3 Å². The van der Waals surface area contributed by atoms with Crippen molar-refractivity contribution in [3.8, 4) is 0 Å². The Morgan fingerprint density at radius 2 is 1.35 bits per heavy atom. The van der Waals surface area contributed by atoms with Gasteiger partial charge in [-0.2, -0.15) is 0 Å². The second kappa shape index (κ2) is 7.28. The molecular weight excluding hydrogens is 262 g/mol. The van der Waals surface area contributed by atoms with Gasteiger partial charge in [-0.1, -0.05) is 53.7 Å². The molecule has 0 saturated heterocycles. The van der Waals surface area contributed by atoms with Crippen LogP contribution in [0, 0.1) is 0 Å². The first-order chi connectivity index (χ1) is 9.30. The molecule has 0 aliphatic carbocycles. The quantitative estimate of drug-likeness (QED) is 0.567. The first-order valence-corrected chi connectivity index (χ1v) is 9.93. The Bertz CT molecular complexity index is 376. The molecule has 114 valence electrons. The highest BCUT2D eigenvalue weighted by molar-refractivity contribution is 6.77. The monoisotopic (exact) mass is 293 g/mol. The largest absolute Gasteiger partial charge is 0.416 e. The first-order valence-electron chi connectivity index (χ1n) is 7.79. The van der Waals surface area contributed by atoms with Crippen LogP contribution in [0.15, 0.2) is 24.3 Å². The summed E-state index contributed by atoms with van der Waals surface area (Å²) in [5.41, 5.74) is 9.79. The van der Waals surface area contributed by atoms with Gasteiger partial charge in [-0.05, 0) is 40.7 Å². The van der Waals surface area contributed by atoms with E-state index in [9.17, 15) is 0 Å². The Balaban J connectivity index is 2.70. The number of nitrogen functional groups attached to an aromatic ring is 1. The van der Waals surface area contributed by atoms with E-state index in [4.69, 9.17) is 10.2 Å². The molecule has 0 aliphatic rings. The van der Waals surface area contributed by atoms with Crippen LogP contribution in [0.25, 0.3) is 0 Å². The number of anilines is 1. The van der Waals surface area contributed by atoms with E-state index in [1.807, 2.05) is 12.1 Å². The molecule has 0 atom stereocenters. The van der Waals surface area contributed by atoms with Crippen molar-refractivity contribution in [2.24, 2.45) is 0 Å². The molecule has 0 unspecified atom stereocenters. The lowest BCUT2D eigenvalue weighted by atomic mass is 10.1. The number of benzene rings is 1. The Morgan fingerprint density at radius 3 is 1.75 bits per heavy atom. The fourth-order valence-corrected chi connectivity index (χ4v) is 8.99. The van der Waals surface area contributed by atoms with E-state index in [-0.39, 0.29) is 0 Å². The summed E-state index contributed by atoms with van der Waals surface area (Å²) in [6, 6.07) is 8.13. The highest BCUT2D eigenvalue weighted by Crippen LogP contribution is 2.42. The molecule has 0 saturated carbocycles. The molecule has 0 spiro atoms. The number of rotatable bonds is 7. The van der Waals surface area contributed by atoms with Crippen molar-refractivity contribution in [2.75, 3.05) is 12.3 Å². The van der Waals surface area contributed by atoms with Crippen LogP contribution in [-0.4, -0.2) is 14.9 Å². The molecule has 2 nitrogen and oxygen atoms in total. The SMILES string of the molecule is CC(C)[Si](OCCc1ccc(N)cc1)(C(C)C)C(C)C. The normalized spacial score (nSPS) is 12.7. The van der Waals surface area contributed by atoms with E-state index in [0.29, 0.717) is 16.6 Å². The summed E-state index contributed by atoms with van der Waals surface area (Å²) in [7, 11) is -1.72.